The summed E-state index contributed by atoms with van der Waals surface area (Å²) in [6.45, 7) is -0.0661. The molecule has 1 aliphatic heterocycles. The predicted molar refractivity (Wildman–Crippen MR) is 125 cm³/mol. The number of rotatable bonds is 6. The van der Waals surface area contributed by atoms with E-state index in [1.807, 2.05) is 30.4 Å². The van der Waals surface area contributed by atoms with Gasteiger partial charge in [-0.1, -0.05) is 0 Å². The molecule has 1 amide bonds. The zero-order valence-corrected chi connectivity index (χ0v) is 20.1. The number of methoxy groups -OCH3 is 2. The summed E-state index contributed by atoms with van der Waals surface area (Å²) in [5.41, 5.74) is 1.93. The number of pyridine rings is 1. The Morgan fingerprint density at radius 1 is 1.18 bits per heavy atom. The second kappa shape index (κ2) is 8.28. The van der Waals surface area contributed by atoms with Crippen LogP contribution in [-0.4, -0.2) is 44.2 Å². The molecule has 0 unspecified atom stereocenters. The summed E-state index contributed by atoms with van der Waals surface area (Å²) >= 11 is 1.51. The normalized spacial score (nSPS) is 16.1. The Morgan fingerprint density at radius 2 is 1.94 bits per heavy atom. The molecule has 1 spiro atoms. The minimum atomic E-state index is -0.907. The van der Waals surface area contributed by atoms with Gasteiger partial charge in [0.15, 0.2) is 22.5 Å². The average Bonchev–Trinajstić information content (AvgIpc) is 3.46. The number of aromatic nitrogens is 2. The van der Waals surface area contributed by atoms with Gasteiger partial charge in [0.2, 0.25) is 5.91 Å². The van der Waals surface area contributed by atoms with E-state index in [1.165, 1.54) is 36.5 Å². The van der Waals surface area contributed by atoms with Gasteiger partial charge in [0.1, 0.15) is 11.4 Å². The van der Waals surface area contributed by atoms with Crippen LogP contribution in [0.15, 0.2) is 23.7 Å². The van der Waals surface area contributed by atoms with E-state index in [-0.39, 0.29) is 30.4 Å². The number of carbonyl (C=O) groups is 1. The largest absolute Gasteiger partial charge is 0.494 e. The molecule has 10 heteroatoms. The fourth-order valence-corrected chi connectivity index (χ4v) is 5.24. The number of fused-ring (bicyclic) bond motifs is 2. The van der Waals surface area contributed by atoms with Crippen molar-refractivity contribution in [1.82, 2.24) is 9.97 Å². The van der Waals surface area contributed by atoms with Gasteiger partial charge in [-0.3, -0.25) is 9.78 Å². The molecule has 1 saturated carbocycles. The summed E-state index contributed by atoms with van der Waals surface area (Å²) in [5.74, 6) is -2.19. The maximum atomic E-state index is 15.4. The van der Waals surface area contributed by atoms with Gasteiger partial charge in [-0.25, -0.2) is 13.8 Å². The molecule has 1 aromatic carbocycles. The van der Waals surface area contributed by atoms with Crippen LogP contribution in [0.25, 0.3) is 11.4 Å². The van der Waals surface area contributed by atoms with Crippen molar-refractivity contribution in [2.24, 2.45) is 0 Å². The van der Waals surface area contributed by atoms with E-state index in [1.54, 1.807) is 6.20 Å². The molecule has 0 radical (unpaired) electrons. The van der Waals surface area contributed by atoms with Crippen LogP contribution in [0.3, 0.4) is 0 Å². The van der Waals surface area contributed by atoms with Crippen molar-refractivity contribution >= 4 is 28.1 Å². The van der Waals surface area contributed by atoms with Gasteiger partial charge in [0.25, 0.3) is 0 Å². The molecule has 2 aromatic heterocycles. The van der Waals surface area contributed by atoms with Crippen LogP contribution < -0.4 is 14.5 Å². The quantitative estimate of drug-likeness (QED) is 0.518. The number of hydrogen-bond donors (Lipinski definition) is 0. The second-order valence-corrected chi connectivity index (χ2v) is 9.59. The number of amides is 1. The summed E-state index contributed by atoms with van der Waals surface area (Å²) in [5, 5.41) is 2.78. The lowest BCUT2D eigenvalue weighted by Gasteiger charge is -2.35. The Labute approximate surface area is 200 Å². The van der Waals surface area contributed by atoms with Gasteiger partial charge < -0.3 is 19.3 Å². The molecule has 3 heterocycles. The molecule has 7 nitrogen and oxygen atoms in total. The van der Waals surface area contributed by atoms with Crippen molar-refractivity contribution in [3.8, 4) is 17.1 Å². The lowest BCUT2D eigenvalue weighted by atomic mass is 9.86. The average molecular weight is 487 g/mol. The lowest BCUT2D eigenvalue weighted by Crippen LogP contribution is -2.45. The maximum absolute atomic E-state index is 15.4. The van der Waals surface area contributed by atoms with E-state index in [0.717, 1.165) is 22.0 Å². The third kappa shape index (κ3) is 3.43. The van der Waals surface area contributed by atoms with Crippen LogP contribution in [0.1, 0.15) is 29.5 Å². The Kier molecular flexibility index (Phi) is 5.52. The summed E-state index contributed by atoms with van der Waals surface area (Å²) in [4.78, 5) is 26.0. The van der Waals surface area contributed by atoms with Gasteiger partial charge in [0, 0.05) is 38.3 Å². The Morgan fingerprint density at radius 3 is 2.56 bits per heavy atom. The third-order valence-corrected chi connectivity index (χ3v) is 7.39. The molecular weight excluding hydrogens is 462 g/mol. The Bertz CT molecular complexity index is 1290. The number of thiazole rings is 1. The van der Waals surface area contributed by atoms with E-state index in [9.17, 15) is 4.79 Å². The SMILES string of the molecule is COCc1cc(OC)c(F)c(N2Cc3cnc(-c4csc(N(C)C)n4)cc3C3(CC3)C2=O)c1F. The van der Waals surface area contributed by atoms with Crippen molar-refractivity contribution in [2.45, 2.75) is 31.4 Å². The summed E-state index contributed by atoms with van der Waals surface area (Å²) < 4.78 is 40.9. The Balaban J connectivity index is 1.59. The number of halogens is 2. The van der Waals surface area contributed by atoms with Crippen LogP contribution >= 0.6 is 11.3 Å². The minimum Gasteiger partial charge on any atom is -0.494 e. The number of nitrogens with zero attached hydrogens (tertiary/aromatic N) is 4. The number of hydrogen-bond acceptors (Lipinski definition) is 7. The highest BCUT2D eigenvalue weighted by Crippen LogP contribution is 2.55. The highest BCUT2D eigenvalue weighted by Gasteiger charge is 2.57. The predicted octanol–water partition coefficient (Wildman–Crippen LogP) is 4.28. The number of anilines is 2. The lowest BCUT2D eigenvalue weighted by molar-refractivity contribution is -0.121. The van der Waals surface area contributed by atoms with E-state index in [2.05, 4.69) is 9.97 Å². The van der Waals surface area contributed by atoms with Crippen LogP contribution in [0.5, 0.6) is 5.75 Å². The molecule has 178 valence electrons. The van der Waals surface area contributed by atoms with Gasteiger partial charge in [0.05, 0.1) is 31.4 Å². The highest BCUT2D eigenvalue weighted by atomic mass is 32.1. The first-order valence-electron chi connectivity index (χ1n) is 10.8. The zero-order valence-electron chi connectivity index (χ0n) is 19.3. The van der Waals surface area contributed by atoms with Gasteiger partial charge in [-0.15, -0.1) is 11.3 Å². The summed E-state index contributed by atoms with van der Waals surface area (Å²) in [6, 6.07) is 3.16. The molecule has 0 bridgehead atoms. The molecule has 1 fully saturated rings. The monoisotopic (exact) mass is 486 g/mol. The first-order chi connectivity index (χ1) is 16.3. The smallest absolute Gasteiger partial charge is 0.238 e. The van der Waals surface area contributed by atoms with E-state index >= 15 is 8.78 Å². The fraction of sp³-hybridized carbons (Fsp3) is 0.375. The highest BCUT2D eigenvalue weighted by molar-refractivity contribution is 7.14. The standard InChI is InChI=1S/C24H24F2N4O3S/c1-29(2)23-28-17(12-34-23)16-8-15-14(9-27-16)10-30(22(31)24(15)5-6-24)21-19(25)13(11-32-3)7-18(33-4)20(21)26/h7-9,12H,5-6,10-11H2,1-4H3. The topological polar surface area (TPSA) is 67.8 Å². The molecule has 1 aliphatic carbocycles. The minimum absolute atomic E-state index is 0.0106. The number of carbonyl (C=O) groups excluding carboxylic acids is 1. The van der Waals surface area contributed by atoms with Gasteiger partial charge >= 0.3 is 0 Å². The molecule has 34 heavy (non-hydrogen) atoms. The summed E-state index contributed by atoms with van der Waals surface area (Å²) in [7, 11) is 6.57. The van der Waals surface area contributed by atoms with Crippen LogP contribution in [0.4, 0.5) is 19.6 Å². The molecule has 3 aromatic rings. The van der Waals surface area contributed by atoms with Gasteiger partial charge in [-0.05, 0) is 36.1 Å². The van der Waals surface area contributed by atoms with Crippen molar-refractivity contribution in [1.29, 1.82) is 0 Å². The second-order valence-electron chi connectivity index (χ2n) is 8.76. The van der Waals surface area contributed by atoms with E-state index in [0.29, 0.717) is 18.5 Å². The van der Waals surface area contributed by atoms with E-state index in [4.69, 9.17) is 9.47 Å². The first kappa shape index (κ1) is 22.7. The van der Waals surface area contributed by atoms with Crippen molar-refractivity contribution in [3.05, 3.63) is 52.0 Å². The van der Waals surface area contributed by atoms with E-state index < -0.39 is 22.7 Å². The Hall–Kier alpha value is -3.11. The van der Waals surface area contributed by atoms with Gasteiger partial charge in [-0.2, -0.15) is 0 Å². The molecular formula is C24H24F2N4O3S. The van der Waals surface area contributed by atoms with Crippen molar-refractivity contribution < 1.29 is 23.0 Å². The zero-order chi connectivity index (χ0) is 24.2. The number of benzene rings is 1. The van der Waals surface area contributed by atoms with Crippen LogP contribution in [-0.2, 0) is 28.1 Å². The molecule has 5 rings (SSSR count). The number of ether oxygens (including phenoxy) is 2. The summed E-state index contributed by atoms with van der Waals surface area (Å²) in [6.07, 6.45) is 2.90. The molecule has 0 saturated heterocycles. The molecule has 2 aliphatic rings. The maximum Gasteiger partial charge on any atom is 0.238 e. The van der Waals surface area contributed by atoms with Crippen molar-refractivity contribution in [3.63, 3.8) is 0 Å². The molecule has 0 atom stereocenters. The molecule has 0 N–H and O–H groups in total. The van der Waals surface area contributed by atoms with Crippen LogP contribution in [0, 0.1) is 11.6 Å². The fourth-order valence-electron chi connectivity index (χ4n) is 4.48. The van der Waals surface area contributed by atoms with Crippen LogP contribution in [0.2, 0.25) is 0 Å². The first-order valence-corrected chi connectivity index (χ1v) is 11.7. The third-order valence-electron chi connectivity index (χ3n) is 6.38. The van der Waals surface area contributed by atoms with Crippen molar-refractivity contribution in [2.75, 3.05) is 38.1 Å².